The number of rotatable bonds is 5. The quantitative estimate of drug-likeness (QED) is 0.488. The fourth-order valence-electron chi connectivity index (χ4n) is 2.03. The van der Waals surface area contributed by atoms with Crippen molar-refractivity contribution in [2.75, 3.05) is 5.32 Å². The number of carbonyl (C=O) groups excluding carboxylic acids is 1. The third kappa shape index (κ3) is 4.61. The molecule has 0 aliphatic rings. The van der Waals surface area contributed by atoms with Crippen LogP contribution in [0.3, 0.4) is 0 Å². The summed E-state index contributed by atoms with van der Waals surface area (Å²) in [5, 5.41) is 24.0. The van der Waals surface area contributed by atoms with E-state index >= 15 is 0 Å². The number of hydrogen-bond acceptors (Lipinski definition) is 5. The second-order valence-corrected chi connectivity index (χ2v) is 5.46. The second-order valence-electron chi connectivity index (χ2n) is 5.05. The zero-order valence-corrected chi connectivity index (χ0v) is 13.7. The SMILES string of the molecule is Cc1cc([N+](=O)[O-])c(Cl)cc1NC(=O)/C=C/c1cccc([N+](=O)[O-])c1. The highest BCUT2D eigenvalue weighted by atomic mass is 35.5. The van der Waals surface area contributed by atoms with Crippen LogP contribution in [0.4, 0.5) is 17.1 Å². The number of anilines is 1. The molecule has 2 rings (SSSR count). The van der Waals surface area contributed by atoms with Crippen molar-refractivity contribution in [2.45, 2.75) is 6.92 Å². The molecule has 0 spiro atoms. The Morgan fingerprint density at radius 1 is 1.16 bits per heavy atom. The molecule has 128 valence electrons. The van der Waals surface area contributed by atoms with Crippen molar-refractivity contribution in [2.24, 2.45) is 0 Å². The molecule has 0 bridgehead atoms. The Hall–Kier alpha value is -3.26. The Balaban J connectivity index is 2.15. The summed E-state index contributed by atoms with van der Waals surface area (Å²) in [5.74, 6) is -0.500. The van der Waals surface area contributed by atoms with Gasteiger partial charge in [-0.2, -0.15) is 0 Å². The van der Waals surface area contributed by atoms with Gasteiger partial charge >= 0.3 is 0 Å². The van der Waals surface area contributed by atoms with Crippen LogP contribution in [0.2, 0.25) is 5.02 Å². The monoisotopic (exact) mass is 361 g/mol. The molecule has 0 fully saturated rings. The van der Waals surface area contributed by atoms with Crippen molar-refractivity contribution < 1.29 is 14.6 Å². The molecule has 0 radical (unpaired) electrons. The van der Waals surface area contributed by atoms with Gasteiger partial charge in [0.25, 0.3) is 11.4 Å². The maximum absolute atomic E-state index is 12.0. The van der Waals surface area contributed by atoms with Crippen LogP contribution in [0.25, 0.3) is 6.08 Å². The lowest BCUT2D eigenvalue weighted by Crippen LogP contribution is -2.09. The van der Waals surface area contributed by atoms with Crippen LogP contribution < -0.4 is 5.32 Å². The van der Waals surface area contributed by atoms with E-state index < -0.39 is 15.8 Å². The van der Waals surface area contributed by atoms with Crippen molar-refractivity contribution in [1.29, 1.82) is 0 Å². The van der Waals surface area contributed by atoms with Crippen molar-refractivity contribution in [3.63, 3.8) is 0 Å². The average molecular weight is 362 g/mol. The third-order valence-electron chi connectivity index (χ3n) is 3.26. The predicted molar refractivity (Wildman–Crippen MR) is 93.6 cm³/mol. The van der Waals surface area contributed by atoms with Gasteiger partial charge in [-0.3, -0.25) is 25.0 Å². The molecule has 1 N–H and O–H groups in total. The zero-order valence-electron chi connectivity index (χ0n) is 12.9. The van der Waals surface area contributed by atoms with Crippen molar-refractivity contribution in [3.8, 4) is 0 Å². The fourth-order valence-corrected chi connectivity index (χ4v) is 2.26. The lowest BCUT2D eigenvalue weighted by Gasteiger charge is -2.07. The van der Waals surface area contributed by atoms with Crippen LogP contribution in [0, 0.1) is 27.2 Å². The molecule has 0 atom stereocenters. The number of nitrogens with zero attached hydrogens (tertiary/aromatic N) is 2. The van der Waals surface area contributed by atoms with Crippen LogP contribution in [-0.4, -0.2) is 15.8 Å². The predicted octanol–water partition coefficient (Wildman–Crippen LogP) is 4.12. The highest BCUT2D eigenvalue weighted by Gasteiger charge is 2.15. The van der Waals surface area contributed by atoms with Gasteiger partial charge in [-0.05, 0) is 30.2 Å². The molecule has 8 nitrogen and oxygen atoms in total. The first-order chi connectivity index (χ1) is 11.8. The van der Waals surface area contributed by atoms with Crippen LogP contribution in [0.15, 0.2) is 42.5 Å². The molecule has 0 aliphatic heterocycles. The van der Waals surface area contributed by atoms with E-state index in [1.807, 2.05) is 0 Å². The third-order valence-corrected chi connectivity index (χ3v) is 3.56. The van der Waals surface area contributed by atoms with Gasteiger partial charge in [-0.15, -0.1) is 0 Å². The summed E-state index contributed by atoms with van der Waals surface area (Å²) in [5.41, 5.74) is 0.977. The molecule has 25 heavy (non-hydrogen) atoms. The first kappa shape index (κ1) is 18.1. The molecule has 0 aliphatic carbocycles. The van der Waals surface area contributed by atoms with Crippen LogP contribution in [0.5, 0.6) is 0 Å². The molecule has 2 aromatic carbocycles. The lowest BCUT2D eigenvalue weighted by atomic mass is 10.1. The molecule has 0 saturated carbocycles. The molecule has 0 saturated heterocycles. The summed E-state index contributed by atoms with van der Waals surface area (Å²) in [4.78, 5) is 32.4. The maximum atomic E-state index is 12.0. The number of nitro benzene ring substituents is 2. The van der Waals surface area contributed by atoms with Gasteiger partial charge in [0.05, 0.1) is 9.85 Å². The number of aryl methyl sites for hydroxylation is 1. The smallest absolute Gasteiger partial charge is 0.288 e. The van der Waals surface area contributed by atoms with Gasteiger partial charge < -0.3 is 5.32 Å². The van der Waals surface area contributed by atoms with Gasteiger partial charge in [-0.1, -0.05) is 23.7 Å². The Morgan fingerprint density at radius 3 is 2.52 bits per heavy atom. The minimum absolute atomic E-state index is 0.0828. The summed E-state index contributed by atoms with van der Waals surface area (Å²) < 4.78 is 0. The van der Waals surface area contributed by atoms with E-state index in [1.165, 1.54) is 42.5 Å². The number of nitrogens with one attached hydrogen (secondary N) is 1. The van der Waals surface area contributed by atoms with Crippen molar-refractivity contribution in [3.05, 3.63) is 78.9 Å². The van der Waals surface area contributed by atoms with Gasteiger partial charge in [0.15, 0.2) is 0 Å². The average Bonchev–Trinajstić information content (AvgIpc) is 2.56. The van der Waals surface area contributed by atoms with E-state index in [0.717, 1.165) is 0 Å². The zero-order chi connectivity index (χ0) is 18.6. The summed E-state index contributed by atoms with van der Waals surface area (Å²) in [7, 11) is 0. The topological polar surface area (TPSA) is 115 Å². The van der Waals surface area contributed by atoms with Crippen molar-refractivity contribution >= 4 is 40.6 Å². The summed E-state index contributed by atoms with van der Waals surface area (Å²) in [6.07, 6.45) is 2.62. The normalized spacial score (nSPS) is 10.6. The van der Waals surface area contributed by atoms with Crippen molar-refractivity contribution in [1.82, 2.24) is 0 Å². The minimum Gasteiger partial charge on any atom is -0.322 e. The Bertz CT molecular complexity index is 895. The van der Waals surface area contributed by atoms with Gasteiger partial charge in [-0.25, -0.2) is 0 Å². The highest BCUT2D eigenvalue weighted by Crippen LogP contribution is 2.30. The molecular weight excluding hydrogens is 350 g/mol. The van der Waals surface area contributed by atoms with E-state index in [2.05, 4.69) is 5.32 Å². The lowest BCUT2D eigenvalue weighted by molar-refractivity contribution is -0.385. The Kier molecular flexibility index (Phi) is 5.45. The number of nitro groups is 2. The first-order valence-electron chi connectivity index (χ1n) is 6.96. The number of halogens is 1. The fraction of sp³-hybridized carbons (Fsp3) is 0.0625. The second kappa shape index (κ2) is 7.54. The Morgan fingerprint density at radius 2 is 1.88 bits per heavy atom. The first-order valence-corrected chi connectivity index (χ1v) is 7.34. The van der Waals surface area contributed by atoms with E-state index in [1.54, 1.807) is 13.0 Å². The number of hydrogen-bond donors (Lipinski definition) is 1. The molecule has 1 amide bonds. The van der Waals surface area contributed by atoms with E-state index in [0.29, 0.717) is 16.8 Å². The Labute approximate surface area is 147 Å². The maximum Gasteiger partial charge on any atom is 0.288 e. The van der Waals surface area contributed by atoms with Crippen LogP contribution >= 0.6 is 11.6 Å². The summed E-state index contributed by atoms with van der Waals surface area (Å²) in [6, 6.07) is 8.37. The van der Waals surface area contributed by atoms with E-state index in [-0.39, 0.29) is 16.4 Å². The van der Waals surface area contributed by atoms with Crippen LogP contribution in [0.1, 0.15) is 11.1 Å². The number of benzene rings is 2. The molecule has 0 unspecified atom stereocenters. The molecule has 2 aromatic rings. The van der Waals surface area contributed by atoms with E-state index in [4.69, 9.17) is 11.6 Å². The number of amides is 1. The summed E-state index contributed by atoms with van der Waals surface area (Å²) in [6.45, 7) is 1.60. The minimum atomic E-state index is -0.608. The van der Waals surface area contributed by atoms with Gasteiger partial charge in [0.1, 0.15) is 5.02 Å². The van der Waals surface area contributed by atoms with Crippen LogP contribution in [-0.2, 0) is 4.79 Å². The molecule has 0 heterocycles. The standard InChI is InChI=1S/C16H12ClN3O5/c1-10-7-15(20(24)25)13(17)9-14(10)18-16(21)6-5-11-3-2-4-12(8-11)19(22)23/h2-9H,1H3,(H,18,21)/b6-5+. The number of carbonyl (C=O) groups is 1. The van der Waals surface area contributed by atoms with Gasteiger partial charge in [0.2, 0.25) is 5.91 Å². The summed E-state index contributed by atoms with van der Waals surface area (Å²) >= 11 is 5.83. The molecule has 9 heteroatoms. The highest BCUT2D eigenvalue weighted by molar-refractivity contribution is 6.33. The number of non-ortho nitro benzene ring substituents is 1. The molecular formula is C16H12ClN3O5. The largest absolute Gasteiger partial charge is 0.322 e. The molecule has 0 aromatic heterocycles. The van der Waals surface area contributed by atoms with Gasteiger partial charge in [0, 0.05) is 30.0 Å². The van der Waals surface area contributed by atoms with E-state index in [9.17, 15) is 25.0 Å².